The van der Waals surface area contributed by atoms with Crippen LogP contribution in [0.25, 0.3) is 0 Å². The molecule has 0 saturated carbocycles. The van der Waals surface area contributed by atoms with Gasteiger partial charge in [0, 0.05) is 12.6 Å². The number of hydrogen-bond donors (Lipinski definition) is 0. The summed E-state index contributed by atoms with van der Waals surface area (Å²) >= 11 is 0. The highest BCUT2D eigenvalue weighted by Crippen LogP contribution is 2.36. The fourth-order valence-corrected chi connectivity index (χ4v) is 3.92. The summed E-state index contributed by atoms with van der Waals surface area (Å²) in [7, 11) is -0.404. The molecule has 1 aliphatic heterocycles. The van der Waals surface area contributed by atoms with E-state index in [9.17, 15) is 4.79 Å². The van der Waals surface area contributed by atoms with E-state index in [0.29, 0.717) is 12.5 Å². The Labute approximate surface area is 205 Å². The van der Waals surface area contributed by atoms with E-state index in [1.807, 2.05) is 88.4 Å². The minimum absolute atomic E-state index is 0.000882. The van der Waals surface area contributed by atoms with Crippen LogP contribution in [0.2, 0.25) is 0 Å². The molecule has 1 aliphatic rings. The van der Waals surface area contributed by atoms with Gasteiger partial charge < -0.3 is 18.9 Å². The maximum atomic E-state index is 13.1. The quantitative estimate of drug-likeness (QED) is 0.352. The van der Waals surface area contributed by atoms with E-state index in [-0.39, 0.29) is 29.9 Å². The number of rotatable bonds is 9. The third-order valence-electron chi connectivity index (χ3n) is 6.95. The first-order valence-electron chi connectivity index (χ1n) is 12.1. The van der Waals surface area contributed by atoms with Crippen LogP contribution < -0.4 is 5.46 Å². The number of allylic oxidation sites excluding steroid dienone is 1. The lowest BCUT2D eigenvalue weighted by molar-refractivity contribution is 0.00578. The van der Waals surface area contributed by atoms with Gasteiger partial charge in [0.05, 0.1) is 11.2 Å². The molecule has 0 unspecified atom stereocenters. The third kappa shape index (κ3) is 6.31. The van der Waals surface area contributed by atoms with Gasteiger partial charge in [-0.25, -0.2) is 4.79 Å². The summed E-state index contributed by atoms with van der Waals surface area (Å²) < 4.78 is 18.0. The van der Waals surface area contributed by atoms with Gasteiger partial charge in [-0.1, -0.05) is 67.6 Å². The van der Waals surface area contributed by atoms with E-state index in [4.69, 9.17) is 14.0 Å². The maximum Gasteiger partial charge on any atom is 0.494 e. The molecular formula is C28H38BNO4. The van der Waals surface area contributed by atoms with E-state index in [2.05, 4.69) is 20.4 Å². The molecule has 1 amide bonds. The molecule has 0 aliphatic carbocycles. The SMILES string of the molecule is C=C[C@H](C)C[C@H](C)N(Cc1ccc(B2OC(C)(C)C(C)(C)O2)cc1)C(=O)OCc1ccccc1. The average Bonchev–Trinajstić information content (AvgIpc) is 3.03. The summed E-state index contributed by atoms with van der Waals surface area (Å²) in [4.78, 5) is 14.9. The van der Waals surface area contributed by atoms with Crippen LogP contribution in [0.1, 0.15) is 59.1 Å². The van der Waals surface area contributed by atoms with Crippen molar-refractivity contribution >= 4 is 18.7 Å². The molecule has 0 radical (unpaired) electrons. The Morgan fingerprint density at radius 1 is 1.00 bits per heavy atom. The van der Waals surface area contributed by atoms with Gasteiger partial charge in [0.15, 0.2) is 0 Å². The second-order valence-electron chi connectivity index (χ2n) is 10.3. The largest absolute Gasteiger partial charge is 0.494 e. The van der Waals surface area contributed by atoms with Crippen LogP contribution in [0.15, 0.2) is 67.3 Å². The number of amides is 1. The molecule has 1 fully saturated rings. The van der Waals surface area contributed by atoms with Crippen molar-refractivity contribution in [2.24, 2.45) is 5.92 Å². The number of carbonyl (C=O) groups excluding carboxylic acids is 1. The summed E-state index contributed by atoms with van der Waals surface area (Å²) in [5.74, 6) is 0.296. The lowest BCUT2D eigenvalue weighted by atomic mass is 9.79. The molecule has 1 saturated heterocycles. The molecule has 2 aromatic rings. The molecule has 0 bridgehead atoms. The predicted molar refractivity (Wildman–Crippen MR) is 138 cm³/mol. The topological polar surface area (TPSA) is 48.0 Å². The van der Waals surface area contributed by atoms with Crippen molar-refractivity contribution in [3.05, 3.63) is 78.4 Å². The van der Waals surface area contributed by atoms with Gasteiger partial charge in [-0.05, 0) is 63.5 Å². The van der Waals surface area contributed by atoms with E-state index in [0.717, 1.165) is 23.0 Å². The summed E-state index contributed by atoms with van der Waals surface area (Å²) in [5.41, 5.74) is 2.19. The summed E-state index contributed by atoms with van der Waals surface area (Å²) in [6.07, 6.45) is 2.42. The van der Waals surface area contributed by atoms with Gasteiger partial charge in [-0.3, -0.25) is 0 Å². The highest BCUT2D eigenvalue weighted by Gasteiger charge is 2.51. The molecular weight excluding hydrogens is 425 g/mol. The number of hydrogen-bond acceptors (Lipinski definition) is 4. The van der Waals surface area contributed by atoms with Gasteiger partial charge in [0.25, 0.3) is 0 Å². The number of benzene rings is 2. The van der Waals surface area contributed by atoms with Gasteiger partial charge in [0.2, 0.25) is 0 Å². The number of nitrogens with zero attached hydrogens (tertiary/aromatic N) is 1. The van der Waals surface area contributed by atoms with Crippen LogP contribution in [-0.4, -0.2) is 35.4 Å². The van der Waals surface area contributed by atoms with Crippen LogP contribution in [0.4, 0.5) is 4.79 Å². The van der Waals surface area contributed by atoms with Crippen molar-refractivity contribution < 1.29 is 18.8 Å². The van der Waals surface area contributed by atoms with Crippen LogP contribution in [0, 0.1) is 5.92 Å². The van der Waals surface area contributed by atoms with Crippen molar-refractivity contribution in [3.8, 4) is 0 Å². The van der Waals surface area contributed by atoms with Crippen molar-refractivity contribution in [1.82, 2.24) is 4.90 Å². The highest BCUT2D eigenvalue weighted by atomic mass is 16.7. The fourth-order valence-electron chi connectivity index (χ4n) is 3.92. The van der Waals surface area contributed by atoms with E-state index >= 15 is 0 Å². The van der Waals surface area contributed by atoms with Crippen LogP contribution in [0.3, 0.4) is 0 Å². The molecule has 2 aromatic carbocycles. The smallest absolute Gasteiger partial charge is 0.445 e. The van der Waals surface area contributed by atoms with Crippen molar-refractivity contribution in [1.29, 1.82) is 0 Å². The van der Waals surface area contributed by atoms with Gasteiger partial charge in [-0.2, -0.15) is 0 Å². The van der Waals surface area contributed by atoms with Gasteiger partial charge in [-0.15, -0.1) is 6.58 Å². The van der Waals surface area contributed by atoms with E-state index in [1.54, 1.807) is 4.90 Å². The Morgan fingerprint density at radius 3 is 2.15 bits per heavy atom. The first-order valence-corrected chi connectivity index (χ1v) is 12.1. The minimum Gasteiger partial charge on any atom is -0.445 e. The molecule has 0 aromatic heterocycles. The van der Waals surface area contributed by atoms with Crippen LogP contribution in [0.5, 0.6) is 0 Å². The molecule has 5 nitrogen and oxygen atoms in total. The average molecular weight is 463 g/mol. The zero-order chi connectivity index (χ0) is 24.9. The van der Waals surface area contributed by atoms with Crippen LogP contribution >= 0.6 is 0 Å². The first-order chi connectivity index (χ1) is 16.0. The Hall–Kier alpha value is -2.57. The molecule has 1 heterocycles. The molecule has 0 N–H and O–H groups in total. The van der Waals surface area contributed by atoms with E-state index in [1.165, 1.54) is 0 Å². The highest BCUT2D eigenvalue weighted by molar-refractivity contribution is 6.62. The molecule has 0 spiro atoms. The standard InChI is InChI=1S/C28H38BNO4/c1-8-21(2)18-22(3)30(26(31)32-20-24-12-10-9-11-13-24)19-23-14-16-25(17-15-23)29-33-27(4,5)28(6,7)34-29/h8-17,21-22H,1,18-20H2,2-7H3/t21-,22-/m0/s1. The van der Waals surface area contributed by atoms with Crippen molar-refractivity contribution in [3.63, 3.8) is 0 Å². The van der Waals surface area contributed by atoms with Crippen molar-refractivity contribution in [2.75, 3.05) is 0 Å². The summed E-state index contributed by atoms with van der Waals surface area (Å²) in [6.45, 7) is 17.0. The minimum atomic E-state index is -0.404. The normalized spacial score (nSPS) is 18.2. The lowest BCUT2D eigenvalue weighted by Crippen LogP contribution is -2.41. The fraction of sp³-hybridized carbons (Fsp3) is 0.464. The Balaban J connectivity index is 1.71. The maximum absolute atomic E-state index is 13.1. The molecule has 2 atom stereocenters. The van der Waals surface area contributed by atoms with Crippen molar-refractivity contribution in [2.45, 2.75) is 78.4 Å². The zero-order valence-electron chi connectivity index (χ0n) is 21.4. The first kappa shape index (κ1) is 26.0. The lowest BCUT2D eigenvalue weighted by Gasteiger charge is -2.32. The van der Waals surface area contributed by atoms with E-state index < -0.39 is 7.12 Å². The molecule has 182 valence electrons. The zero-order valence-corrected chi connectivity index (χ0v) is 21.4. The second kappa shape index (κ2) is 10.8. The monoisotopic (exact) mass is 463 g/mol. The molecule has 6 heteroatoms. The molecule has 3 rings (SSSR count). The Morgan fingerprint density at radius 2 is 1.59 bits per heavy atom. The van der Waals surface area contributed by atoms with Crippen LogP contribution in [-0.2, 0) is 27.2 Å². The second-order valence-corrected chi connectivity index (χ2v) is 10.3. The summed E-state index contributed by atoms with van der Waals surface area (Å²) in [5, 5.41) is 0. The Bertz CT molecular complexity index is 942. The summed E-state index contributed by atoms with van der Waals surface area (Å²) in [6, 6.07) is 17.8. The number of ether oxygens (including phenoxy) is 1. The van der Waals surface area contributed by atoms with Gasteiger partial charge in [0.1, 0.15) is 6.61 Å². The van der Waals surface area contributed by atoms with Gasteiger partial charge >= 0.3 is 13.2 Å². The molecule has 34 heavy (non-hydrogen) atoms. The predicted octanol–water partition coefficient (Wildman–Crippen LogP) is 5.73. The third-order valence-corrected chi connectivity index (χ3v) is 6.95. The Kier molecular flexibility index (Phi) is 8.27. The number of carbonyl (C=O) groups is 1.